The highest BCUT2D eigenvalue weighted by Gasteiger charge is 1.98. The van der Waals surface area contributed by atoms with Gasteiger partial charge >= 0.3 is 0 Å². The molecule has 0 aromatic heterocycles. The summed E-state index contributed by atoms with van der Waals surface area (Å²) in [4.78, 5) is 0. The first-order chi connectivity index (χ1) is 4.66. The SMILES string of the molecule is CCC(C)OCOC(C)C. The molecule has 0 aliphatic heterocycles. The molecule has 0 heterocycles. The third-order valence-corrected chi connectivity index (χ3v) is 1.33. The lowest BCUT2D eigenvalue weighted by Crippen LogP contribution is -2.13. The maximum absolute atomic E-state index is 5.28. The van der Waals surface area contributed by atoms with Crippen molar-refractivity contribution in [1.82, 2.24) is 0 Å². The highest BCUT2D eigenvalue weighted by atomic mass is 16.7. The van der Waals surface area contributed by atoms with Crippen LogP contribution in [0.3, 0.4) is 0 Å². The van der Waals surface area contributed by atoms with E-state index in [-0.39, 0.29) is 6.10 Å². The molecule has 0 fully saturated rings. The summed E-state index contributed by atoms with van der Waals surface area (Å²) in [5.41, 5.74) is 0. The van der Waals surface area contributed by atoms with E-state index in [9.17, 15) is 0 Å². The van der Waals surface area contributed by atoms with Crippen molar-refractivity contribution in [2.75, 3.05) is 6.79 Å². The molecule has 0 aromatic carbocycles. The summed E-state index contributed by atoms with van der Waals surface area (Å²) in [6.45, 7) is 8.57. The van der Waals surface area contributed by atoms with Gasteiger partial charge in [0.25, 0.3) is 0 Å². The summed E-state index contributed by atoms with van der Waals surface area (Å²) in [5.74, 6) is 0. The Morgan fingerprint density at radius 1 is 1.10 bits per heavy atom. The van der Waals surface area contributed by atoms with Gasteiger partial charge in [-0.05, 0) is 27.2 Å². The lowest BCUT2D eigenvalue weighted by molar-refractivity contribution is -0.105. The summed E-state index contributed by atoms with van der Waals surface area (Å²) in [6.07, 6.45) is 1.63. The molecule has 0 bridgehead atoms. The second kappa shape index (κ2) is 5.69. The summed E-state index contributed by atoms with van der Waals surface area (Å²) in [6, 6.07) is 0. The predicted molar refractivity (Wildman–Crippen MR) is 41.9 cm³/mol. The van der Waals surface area contributed by atoms with Gasteiger partial charge in [0, 0.05) is 0 Å². The molecular weight excluding hydrogens is 128 g/mol. The van der Waals surface area contributed by atoms with Crippen LogP contribution in [-0.4, -0.2) is 19.0 Å². The fraction of sp³-hybridized carbons (Fsp3) is 1.00. The van der Waals surface area contributed by atoms with Crippen molar-refractivity contribution in [2.24, 2.45) is 0 Å². The monoisotopic (exact) mass is 146 g/mol. The zero-order valence-electron chi connectivity index (χ0n) is 7.39. The van der Waals surface area contributed by atoms with E-state index in [4.69, 9.17) is 9.47 Å². The summed E-state index contributed by atoms with van der Waals surface area (Å²) in [5, 5.41) is 0. The third kappa shape index (κ3) is 6.05. The quantitative estimate of drug-likeness (QED) is 0.553. The third-order valence-electron chi connectivity index (χ3n) is 1.33. The summed E-state index contributed by atoms with van der Waals surface area (Å²) >= 11 is 0. The van der Waals surface area contributed by atoms with Crippen LogP contribution in [0.15, 0.2) is 0 Å². The molecule has 2 nitrogen and oxygen atoms in total. The average Bonchev–Trinajstić information content (AvgIpc) is 1.87. The van der Waals surface area contributed by atoms with Gasteiger partial charge in [-0.3, -0.25) is 0 Å². The maximum Gasteiger partial charge on any atom is 0.147 e. The topological polar surface area (TPSA) is 18.5 Å². The first-order valence-corrected chi connectivity index (χ1v) is 3.90. The maximum atomic E-state index is 5.28. The predicted octanol–water partition coefficient (Wildman–Crippen LogP) is 2.18. The van der Waals surface area contributed by atoms with Crippen LogP contribution in [0.5, 0.6) is 0 Å². The molecule has 0 aromatic rings. The Hall–Kier alpha value is -0.0800. The van der Waals surface area contributed by atoms with Crippen LogP contribution in [0.4, 0.5) is 0 Å². The van der Waals surface area contributed by atoms with E-state index in [1.165, 1.54) is 0 Å². The minimum Gasteiger partial charge on any atom is -0.353 e. The number of rotatable bonds is 5. The van der Waals surface area contributed by atoms with Crippen LogP contribution < -0.4 is 0 Å². The molecule has 2 heteroatoms. The normalized spacial score (nSPS) is 14.1. The van der Waals surface area contributed by atoms with E-state index >= 15 is 0 Å². The van der Waals surface area contributed by atoms with Crippen LogP contribution in [0, 0.1) is 0 Å². The summed E-state index contributed by atoms with van der Waals surface area (Å²) < 4.78 is 10.5. The Balaban J connectivity index is 3.03. The molecule has 62 valence electrons. The van der Waals surface area contributed by atoms with E-state index < -0.39 is 0 Å². The van der Waals surface area contributed by atoms with Gasteiger partial charge < -0.3 is 9.47 Å². The number of hydrogen-bond donors (Lipinski definition) is 0. The first-order valence-electron chi connectivity index (χ1n) is 3.90. The average molecular weight is 146 g/mol. The number of ether oxygens (including phenoxy) is 2. The highest BCUT2D eigenvalue weighted by Crippen LogP contribution is 1.96. The molecule has 0 aliphatic rings. The van der Waals surface area contributed by atoms with E-state index in [1.807, 2.05) is 20.8 Å². The van der Waals surface area contributed by atoms with Gasteiger partial charge in [-0.25, -0.2) is 0 Å². The molecular formula is C8H18O2. The second-order valence-corrected chi connectivity index (χ2v) is 2.72. The zero-order valence-corrected chi connectivity index (χ0v) is 7.39. The molecule has 0 saturated carbocycles. The van der Waals surface area contributed by atoms with Crippen molar-refractivity contribution >= 4 is 0 Å². The molecule has 1 atom stereocenters. The van der Waals surface area contributed by atoms with Gasteiger partial charge in [0.2, 0.25) is 0 Å². The fourth-order valence-corrected chi connectivity index (χ4v) is 0.409. The van der Waals surface area contributed by atoms with Gasteiger partial charge in [-0.15, -0.1) is 0 Å². The van der Waals surface area contributed by atoms with Crippen LogP contribution in [-0.2, 0) is 9.47 Å². The minimum absolute atomic E-state index is 0.268. The standard InChI is InChI=1S/C8H18O2/c1-5-8(4)10-6-9-7(2)3/h7-8H,5-6H2,1-4H3. The van der Waals surface area contributed by atoms with Crippen LogP contribution in [0.25, 0.3) is 0 Å². The lowest BCUT2D eigenvalue weighted by atomic mass is 10.3. The van der Waals surface area contributed by atoms with Crippen molar-refractivity contribution in [1.29, 1.82) is 0 Å². The van der Waals surface area contributed by atoms with Gasteiger partial charge in [0.1, 0.15) is 6.79 Å². The minimum atomic E-state index is 0.268. The van der Waals surface area contributed by atoms with Gasteiger partial charge in [0.15, 0.2) is 0 Å². The van der Waals surface area contributed by atoms with E-state index in [2.05, 4.69) is 6.92 Å². The van der Waals surface area contributed by atoms with Crippen molar-refractivity contribution < 1.29 is 9.47 Å². The van der Waals surface area contributed by atoms with Crippen molar-refractivity contribution in [3.63, 3.8) is 0 Å². The first kappa shape index (κ1) is 9.92. The van der Waals surface area contributed by atoms with Gasteiger partial charge in [-0.1, -0.05) is 6.92 Å². The molecule has 0 aliphatic carbocycles. The van der Waals surface area contributed by atoms with Gasteiger partial charge in [0.05, 0.1) is 12.2 Å². The Morgan fingerprint density at radius 3 is 2.10 bits per heavy atom. The Kier molecular flexibility index (Phi) is 5.64. The molecule has 0 rings (SSSR count). The van der Waals surface area contributed by atoms with Crippen LogP contribution in [0.1, 0.15) is 34.1 Å². The smallest absolute Gasteiger partial charge is 0.147 e. The Morgan fingerprint density at radius 2 is 1.70 bits per heavy atom. The molecule has 0 N–H and O–H groups in total. The van der Waals surface area contributed by atoms with Crippen molar-refractivity contribution in [3.05, 3.63) is 0 Å². The van der Waals surface area contributed by atoms with E-state index in [1.54, 1.807) is 0 Å². The number of hydrogen-bond acceptors (Lipinski definition) is 2. The van der Waals surface area contributed by atoms with Crippen molar-refractivity contribution in [3.8, 4) is 0 Å². The molecule has 10 heavy (non-hydrogen) atoms. The Bertz CT molecular complexity index is 71.7. The molecule has 1 unspecified atom stereocenters. The highest BCUT2D eigenvalue weighted by molar-refractivity contribution is 4.41. The van der Waals surface area contributed by atoms with E-state index in [0.29, 0.717) is 12.9 Å². The molecule has 0 radical (unpaired) electrons. The molecule has 0 saturated heterocycles. The fourth-order valence-electron chi connectivity index (χ4n) is 0.409. The van der Waals surface area contributed by atoms with Crippen LogP contribution >= 0.6 is 0 Å². The van der Waals surface area contributed by atoms with Crippen molar-refractivity contribution in [2.45, 2.75) is 46.3 Å². The second-order valence-electron chi connectivity index (χ2n) is 2.72. The Labute approximate surface area is 63.5 Å². The van der Waals surface area contributed by atoms with Gasteiger partial charge in [-0.2, -0.15) is 0 Å². The van der Waals surface area contributed by atoms with Crippen LogP contribution in [0.2, 0.25) is 0 Å². The molecule has 0 amide bonds. The lowest BCUT2D eigenvalue weighted by Gasteiger charge is -2.12. The molecule has 0 spiro atoms. The largest absolute Gasteiger partial charge is 0.353 e. The van der Waals surface area contributed by atoms with E-state index in [0.717, 1.165) is 6.42 Å². The summed E-state index contributed by atoms with van der Waals surface area (Å²) in [7, 11) is 0. The zero-order chi connectivity index (χ0) is 7.98.